The average molecular weight is 388 g/mol. The molecule has 0 aliphatic rings. The number of aryl methyl sites for hydroxylation is 2. The molecule has 4 aromatic rings. The summed E-state index contributed by atoms with van der Waals surface area (Å²) in [5, 5.41) is 25.9. The maximum atomic E-state index is 12.5. The number of hydrogen-bond acceptors (Lipinski definition) is 6. The molecule has 29 heavy (non-hydrogen) atoms. The van der Waals surface area contributed by atoms with E-state index < -0.39 is 6.10 Å². The van der Waals surface area contributed by atoms with Crippen molar-refractivity contribution in [1.29, 1.82) is 0 Å². The predicted octanol–water partition coefficient (Wildman–Crippen LogP) is 2.29. The van der Waals surface area contributed by atoms with Crippen LogP contribution in [0.2, 0.25) is 0 Å². The lowest BCUT2D eigenvalue weighted by Gasteiger charge is -2.15. The van der Waals surface area contributed by atoms with Crippen molar-refractivity contribution in [2.75, 3.05) is 6.54 Å². The van der Waals surface area contributed by atoms with E-state index in [4.69, 9.17) is 0 Å². The summed E-state index contributed by atoms with van der Waals surface area (Å²) in [7, 11) is 0. The van der Waals surface area contributed by atoms with Crippen LogP contribution in [0.15, 0.2) is 54.7 Å². The van der Waals surface area contributed by atoms with Crippen LogP contribution in [-0.2, 0) is 0 Å². The Morgan fingerprint density at radius 2 is 1.90 bits per heavy atom. The fraction of sp³-hybridized carbons (Fsp3) is 0.190. The number of carbonyl (C=O) groups excluding carboxylic acids is 1. The van der Waals surface area contributed by atoms with Gasteiger partial charge in [0.1, 0.15) is 6.10 Å². The molecular weight excluding hydrogens is 368 g/mol. The van der Waals surface area contributed by atoms with Gasteiger partial charge in [0.15, 0.2) is 5.82 Å². The first-order valence-corrected chi connectivity index (χ1v) is 9.20. The maximum Gasteiger partial charge on any atom is 0.252 e. The molecule has 0 aliphatic heterocycles. The van der Waals surface area contributed by atoms with Gasteiger partial charge in [-0.3, -0.25) is 9.78 Å². The molecule has 8 heteroatoms. The summed E-state index contributed by atoms with van der Waals surface area (Å²) >= 11 is 0. The third kappa shape index (κ3) is 3.70. The van der Waals surface area contributed by atoms with Gasteiger partial charge < -0.3 is 10.4 Å². The number of nitrogens with one attached hydrogen (secondary N) is 1. The molecule has 2 N–H and O–H groups in total. The van der Waals surface area contributed by atoms with Gasteiger partial charge in [-0.2, -0.15) is 4.68 Å². The Hall–Kier alpha value is -3.65. The molecule has 4 rings (SSSR count). The van der Waals surface area contributed by atoms with E-state index >= 15 is 0 Å². The van der Waals surface area contributed by atoms with Crippen LogP contribution in [-0.4, -0.2) is 42.7 Å². The third-order valence-corrected chi connectivity index (χ3v) is 4.75. The van der Waals surface area contributed by atoms with Gasteiger partial charge >= 0.3 is 0 Å². The summed E-state index contributed by atoms with van der Waals surface area (Å²) in [6.07, 6.45) is 0.450. The number of amides is 1. The molecule has 146 valence electrons. The summed E-state index contributed by atoms with van der Waals surface area (Å²) in [5.41, 5.74) is 4.02. The van der Waals surface area contributed by atoms with E-state index in [0.717, 1.165) is 27.7 Å². The molecule has 1 amide bonds. The van der Waals surface area contributed by atoms with Crippen LogP contribution in [0.4, 0.5) is 0 Å². The topological polar surface area (TPSA) is 106 Å². The van der Waals surface area contributed by atoms with Crippen molar-refractivity contribution in [2.24, 2.45) is 0 Å². The summed E-state index contributed by atoms with van der Waals surface area (Å²) in [5.74, 6) is -0.0623. The Balaban J connectivity index is 1.51. The van der Waals surface area contributed by atoms with Crippen LogP contribution in [0, 0.1) is 13.8 Å². The fourth-order valence-electron chi connectivity index (χ4n) is 3.28. The van der Waals surface area contributed by atoms with E-state index in [0.29, 0.717) is 5.56 Å². The minimum absolute atomic E-state index is 0.0308. The SMILES string of the molecule is Cc1cccc(C)c1-n1nnnc1C(O)CNC(=O)c1cnc2ccccc2c1. The fourth-order valence-corrected chi connectivity index (χ4v) is 3.28. The van der Waals surface area contributed by atoms with Gasteiger partial charge in [-0.25, -0.2) is 0 Å². The van der Waals surface area contributed by atoms with Crippen molar-refractivity contribution in [3.63, 3.8) is 0 Å². The lowest BCUT2D eigenvalue weighted by Crippen LogP contribution is -2.29. The summed E-state index contributed by atoms with van der Waals surface area (Å²) in [4.78, 5) is 16.8. The number of fused-ring (bicyclic) bond motifs is 1. The van der Waals surface area contributed by atoms with Crippen molar-refractivity contribution < 1.29 is 9.90 Å². The van der Waals surface area contributed by atoms with Gasteiger partial charge in [0.25, 0.3) is 5.91 Å². The minimum atomic E-state index is -1.07. The number of carbonyl (C=O) groups is 1. The molecule has 0 aliphatic carbocycles. The van der Waals surface area contributed by atoms with Crippen LogP contribution in [0.25, 0.3) is 16.6 Å². The van der Waals surface area contributed by atoms with Gasteiger partial charge in [0.2, 0.25) is 0 Å². The Bertz CT molecular complexity index is 1170. The molecule has 2 aromatic heterocycles. The van der Waals surface area contributed by atoms with Gasteiger partial charge in [-0.05, 0) is 47.5 Å². The standard InChI is InChI=1S/C21H20N6O2/c1-13-6-5-7-14(2)19(13)27-20(24-25-26-27)18(28)12-23-21(29)16-10-15-8-3-4-9-17(15)22-11-16/h3-11,18,28H,12H2,1-2H3,(H,23,29). The highest BCUT2D eigenvalue weighted by molar-refractivity contribution is 5.97. The first kappa shape index (κ1) is 18.7. The number of pyridine rings is 1. The zero-order valence-electron chi connectivity index (χ0n) is 16.1. The van der Waals surface area contributed by atoms with Crippen molar-refractivity contribution in [3.8, 4) is 5.69 Å². The van der Waals surface area contributed by atoms with Gasteiger partial charge in [0, 0.05) is 11.6 Å². The molecule has 8 nitrogen and oxygen atoms in total. The van der Waals surface area contributed by atoms with Gasteiger partial charge in [-0.15, -0.1) is 5.10 Å². The van der Waals surface area contributed by atoms with Crippen molar-refractivity contribution in [1.82, 2.24) is 30.5 Å². The largest absolute Gasteiger partial charge is 0.383 e. The molecule has 0 spiro atoms. The van der Waals surface area contributed by atoms with E-state index in [1.165, 1.54) is 10.9 Å². The molecule has 2 aromatic carbocycles. The summed E-state index contributed by atoms with van der Waals surface area (Å²) < 4.78 is 1.51. The molecule has 0 saturated carbocycles. The van der Waals surface area contributed by atoms with Crippen molar-refractivity contribution in [2.45, 2.75) is 20.0 Å². The van der Waals surface area contributed by atoms with Crippen molar-refractivity contribution >= 4 is 16.8 Å². The molecule has 0 radical (unpaired) electrons. The molecular formula is C21H20N6O2. The number of tetrazole rings is 1. The van der Waals surface area contributed by atoms with Gasteiger partial charge in [0.05, 0.1) is 23.3 Å². The number of para-hydroxylation sites is 2. The average Bonchev–Trinajstić information content (AvgIpc) is 3.20. The molecule has 1 unspecified atom stereocenters. The van der Waals surface area contributed by atoms with E-state index in [1.54, 1.807) is 6.07 Å². The Kier molecular flexibility index (Phi) is 5.01. The summed E-state index contributed by atoms with van der Waals surface area (Å²) in [6.45, 7) is 3.88. The van der Waals surface area contributed by atoms with Crippen LogP contribution >= 0.6 is 0 Å². The minimum Gasteiger partial charge on any atom is -0.383 e. The van der Waals surface area contributed by atoms with E-state index in [9.17, 15) is 9.90 Å². The second-order valence-electron chi connectivity index (χ2n) is 6.83. The quantitative estimate of drug-likeness (QED) is 0.543. The van der Waals surface area contributed by atoms with E-state index in [2.05, 4.69) is 25.8 Å². The number of rotatable bonds is 5. The zero-order chi connectivity index (χ0) is 20.4. The number of aliphatic hydroxyl groups excluding tert-OH is 1. The predicted molar refractivity (Wildman–Crippen MR) is 108 cm³/mol. The molecule has 0 fully saturated rings. The summed E-state index contributed by atoms with van der Waals surface area (Å²) in [6, 6.07) is 15.2. The third-order valence-electron chi connectivity index (χ3n) is 4.75. The molecule has 2 heterocycles. The van der Waals surface area contributed by atoms with Crippen LogP contribution in [0.5, 0.6) is 0 Å². The molecule has 0 saturated heterocycles. The number of hydrogen-bond donors (Lipinski definition) is 2. The van der Waals surface area contributed by atoms with Crippen LogP contribution < -0.4 is 5.32 Å². The lowest BCUT2D eigenvalue weighted by atomic mass is 10.1. The number of aliphatic hydroxyl groups is 1. The first-order chi connectivity index (χ1) is 14.0. The zero-order valence-corrected chi connectivity index (χ0v) is 16.1. The highest BCUT2D eigenvalue weighted by atomic mass is 16.3. The number of benzene rings is 2. The second kappa shape index (κ2) is 7.76. The maximum absolute atomic E-state index is 12.5. The van der Waals surface area contributed by atoms with Crippen LogP contribution in [0.3, 0.4) is 0 Å². The van der Waals surface area contributed by atoms with Crippen LogP contribution in [0.1, 0.15) is 33.4 Å². The highest BCUT2D eigenvalue weighted by Gasteiger charge is 2.20. The molecule has 1 atom stereocenters. The normalized spacial score (nSPS) is 12.1. The second-order valence-corrected chi connectivity index (χ2v) is 6.83. The smallest absolute Gasteiger partial charge is 0.252 e. The van der Waals surface area contributed by atoms with Crippen molar-refractivity contribution in [3.05, 3.63) is 77.2 Å². The Morgan fingerprint density at radius 3 is 2.69 bits per heavy atom. The van der Waals surface area contributed by atoms with E-state index in [-0.39, 0.29) is 18.3 Å². The number of nitrogens with zero attached hydrogens (tertiary/aromatic N) is 5. The highest BCUT2D eigenvalue weighted by Crippen LogP contribution is 2.21. The van der Waals surface area contributed by atoms with E-state index in [1.807, 2.05) is 56.3 Å². The molecule has 0 bridgehead atoms. The lowest BCUT2D eigenvalue weighted by molar-refractivity contribution is 0.0909. The Labute approximate surface area is 167 Å². The Morgan fingerprint density at radius 1 is 1.14 bits per heavy atom. The monoisotopic (exact) mass is 388 g/mol. The van der Waals surface area contributed by atoms with Gasteiger partial charge in [-0.1, -0.05) is 36.4 Å². The number of aromatic nitrogens is 5. The first-order valence-electron chi connectivity index (χ1n) is 9.20.